The lowest BCUT2D eigenvalue weighted by atomic mass is 9.96. The Kier molecular flexibility index (Phi) is 4.65. The summed E-state index contributed by atoms with van der Waals surface area (Å²) in [6.07, 6.45) is -3.32. The van der Waals surface area contributed by atoms with Gasteiger partial charge < -0.3 is 29.9 Å². The molecule has 0 saturated carbocycles. The second kappa shape index (κ2) is 6.67. The molecule has 2 aliphatic rings. The molecule has 0 bridgehead atoms. The number of aliphatic hydroxyl groups excluding tert-OH is 1. The highest BCUT2D eigenvalue weighted by molar-refractivity contribution is 5.16. The molecule has 0 amide bonds. The second-order valence-electron chi connectivity index (χ2n) is 5.17. The van der Waals surface area contributed by atoms with Gasteiger partial charge in [0.1, 0.15) is 24.4 Å². The van der Waals surface area contributed by atoms with Crippen LogP contribution in [0.2, 0.25) is 0 Å². The monoisotopic (exact) mass is 309 g/mol. The summed E-state index contributed by atoms with van der Waals surface area (Å²) in [7, 11) is 1.45. The molecule has 0 aromatic heterocycles. The zero-order valence-corrected chi connectivity index (χ0v) is 12.1. The molecule has 120 valence electrons. The molecule has 0 aliphatic carbocycles. The van der Waals surface area contributed by atoms with Crippen LogP contribution >= 0.6 is 0 Å². The van der Waals surface area contributed by atoms with Gasteiger partial charge in [0, 0.05) is 12.7 Å². The summed E-state index contributed by atoms with van der Waals surface area (Å²) < 4.78 is 22.4. The third-order valence-electron chi connectivity index (χ3n) is 3.84. The van der Waals surface area contributed by atoms with Crippen molar-refractivity contribution in [2.75, 3.05) is 13.7 Å². The second-order valence-corrected chi connectivity index (χ2v) is 5.17. The van der Waals surface area contributed by atoms with Gasteiger partial charge >= 0.3 is 0 Å². The lowest BCUT2D eigenvalue weighted by Crippen LogP contribution is -2.61. The van der Waals surface area contributed by atoms with E-state index in [9.17, 15) is 5.11 Å². The van der Waals surface area contributed by atoms with Crippen molar-refractivity contribution >= 4 is 0 Å². The summed E-state index contributed by atoms with van der Waals surface area (Å²) in [4.78, 5) is 0. The van der Waals surface area contributed by atoms with E-state index in [2.05, 4.69) is 10.3 Å². The van der Waals surface area contributed by atoms with E-state index in [1.165, 1.54) is 7.11 Å². The van der Waals surface area contributed by atoms with Gasteiger partial charge in [-0.25, -0.2) is 0 Å². The van der Waals surface area contributed by atoms with Crippen LogP contribution in [0, 0.1) is 0 Å². The van der Waals surface area contributed by atoms with Gasteiger partial charge in [0.05, 0.1) is 6.61 Å². The van der Waals surface area contributed by atoms with E-state index in [1.54, 1.807) is 0 Å². The van der Waals surface area contributed by atoms with E-state index in [4.69, 9.17) is 24.8 Å². The predicted molar refractivity (Wildman–Crippen MR) is 74.5 cm³/mol. The molecule has 1 aromatic rings. The molecule has 0 radical (unpaired) electrons. The van der Waals surface area contributed by atoms with E-state index >= 15 is 0 Å². The Labute approximate surface area is 127 Å². The van der Waals surface area contributed by atoms with Crippen molar-refractivity contribution in [1.82, 2.24) is 0 Å². The first-order valence-corrected chi connectivity index (χ1v) is 7.03. The molecule has 22 heavy (non-hydrogen) atoms. The molecule has 2 fully saturated rings. The lowest BCUT2D eigenvalue weighted by Gasteiger charge is -2.45. The number of rotatable bonds is 3. The van der Waals surface area contributed by atoms with Gasteiger partial charge in [0.2, 0.25) is 0 Å². The van der Waals surface area contributed by atoms with Gasteiger partial charge in [0.25, 0.3) is 0 Å². The van der Waals surface area contributed by atoms with Gasteiger partial charge in [0.15, 0.2) is 12.6 Å². The van der Waals surface area contributed by atoms with E-state index in [1.807, 2.05) is 30.3 Å². The zero-order chi connectivity index (χ0) is 15.5. The number of benzene rings is 1. The Balaban J connectivity index is 1.81. The molecule has 8 heteroatoms. The van der Waals surface area contributed by atoms with Crippen molar-refractivity contribution in [2.45, 2.75) is 36.9 Å². The van der Waals surface area contributed by atoms with Crippen molar-refractivity contribution < 1.29 is 24.1 Å². The van der Waals surface area contributed by atoms with Crippen LogP contribution in [0.4, 0.5) is 0 Å². The normalized spacial score (nSPS) is 38.8. The van der Waals surface area contributed by atoms with E-state index < -0.39 is 36.9 Å². The van der Waals surface area contributed by atoms with Crippen LogP contribution in [-0.2, 0) is 18.9 Å². The van der Waals surface area contributed by atoms with Crippen molar-refractivity contribution in [3.05, 3.63) is 35.9 Å². The summed E-state index contributed by atoms with van der Waals surface area (Å²) >= 11 is 0. The lowest BCUT2D eigenvalue weighted by molar-refractivity contribution is -0.338. The number of nitrogens with zero attached hydrogens (tertiary/aromatic N) is 2. The number of aliphatic hydroxyl groups is 1. The Bertz CT molecular complexity index is 514. The summed E-state index contributed by atoms with van der Waals surface area (Å²) in [5.41, 5.74) is 0.882. The standard InChI is InChI=1S/C14H19N3O5/c1-19-14-11(18)10(16-17-15)12-9(21-14)7-20-13(22-12)8-5-3-2-4-6-8/h2-6,9-14,18H,7H2,1H3,(H2,15,16)/t9-,10-,11-,12-,13?,14+/m1/s1. The molecule has 3 rings (SSSR count). The van der Waals surface area contributed by atoms with Gasteiger partial charge in [-0.3, -0.25) is 0 Å². The SMILES string of the molecule is CO[C@H]1O[C@@H]2COC(c3ccccc3)O[C@H]2[C@H](N=NN)[C@H]1O. The minimum Gasteiger partial charge on any atom is -0.385 e. The Hall–Kier alpha value is -1.58. The van der Waals surface area contributed by atoms with Crippen molar-refractivity contribution in [2.24, 2.45) is 16.2 Å². The molecule has 1 unspecified atom stereocenters. The predicted octanol–water partition coefficient (Wildman–Crippen LogP) is 0.527. The van der Waals surface area contributed by atoms with E-state index in [0.717, 1.165) is 5.56 Å². The molecule has 8 nitrogen and oxygen atoms in total. The molecular formula is C14H19N3O5. The summed E-state index contributed by atoms with van der Waals surface area (Å²) in [6.45, 7) is 0.299. The van der Waals surface area contributed by atoms with Crippen molar-refractivity contribution in [3.8, 4) is 0 Å². The first-order valence-electron chi connectivity index (χ1n) is 7.03. The highest BCUT2D eigenvalue weighted by Crippen LogP contribution is 2.35. The number of hydrogen-bond acceptors (Lipinski definition) is 7. The summed E-state index contributed by atoms with van der Waals surface area (Å²) in [5, 5.41) is 17.5. The van der Waals surface area contributed by atoms with Crippen LogP contribution < -0.4 is 5.84 Å². The fourth-order valence-corrected chi connectivity index (χ4v) is 2.76. The molecule has 2 heterocycles. The smallest absolute Gasteiger partial charge is 0.185 e. The highest BCUT2D eigenvalue weighted by Gasteiger charge is 2.50. The Morgan fingerprint density at radius 2 is 2.05 bits per heavy atom. The third kappa shape index (κ3) is 2.83. The molecule has 1 aromatic carbocycles. The highest BCUT2D eigenvalue weighted by atomic mass is 16.7. The maximum Gasteiger partial charge on any atom is 0.185 e. The molecule has 6 atom stereocenters. The molecule has 2 aliphatic heterocycles. The van der Waals surface area contributed by atoms with Crippen LogP contribution in [-0.4, -0.2) is 49.5 Å². The topological polar surface area (TPSA) is 108 Å². The average Bonchev–Trinajstić information content (AvgIpc) is 2.57. The Morgan fingerprint density at radius 3 is 2.73 bits per heavy atom. The maximum atomic E-state index is 10.3. The number of nitrogens with two attached hydrogens (primary N) is 1. The maximum absolute atomic E-state index is 10.3. The molecule has 2 saturated heterocycles. The first-order chi connectivity index (χ1) is 10.7. The minimum atomic E-state index is -1.02. The zero-order valence-electron chi connectivity index (χ0n) is 12.1. The number of hydrogen-bond donors (Lipinski definition) is 2. The number of fused-ring (bicyclic) bond motifs is 1. The summed E-state index contributed by atoms with van der Waals surface area (Å²) in [6, 6.07) is 8.85. The molecular weight excluding hydrogens is 290 g/mol. The van der Waals surface area contributed by atoms with Gasteiger partial charge in [-0.15, -0.1) is 0 Å². The number of ether oxygens (including phenoxy) is 4. The van der Waals surface area contributed by atoms with Gasteiger partial charge in [-0.05, 0) is 0 Å². The quantitative estimate of drug-likeness (QED) is 0.479. The van der Waals surface area contributed by atoms with Crippen LogP contribution in [0.25, 0.3) is 0 Å². The third-order valence-corrected chi connectivity index (χ3v) is 3.84. The van der Waals surface area contributed by atoms with Crippen molar-refractivity contribution in [1.29, 1.82) is 0 Å². The average molecular weight is 309 g/mol. The Morgan fingerprint density at radius 1 is 1.27 bits per heavy atom. The minimum absolute atomic E-state index is 0.299. The van der Waals surface area contributed by atoms with Gasteiger partial charge in [-0.2, -0.15) is 5.11 Å². The van der Waals surface area contributed by atoms with Crippen LogP contribution in [0.1, 0.15) is 11.9 Å². The van der Waals surface area contributed by atoms with Crippen molar-refractivity contribution in [3.63, 3.8) is 0 Å². The van der Waals surface area contributed by atoms with E-state index in [-0.39, 0.29) is 0 Å². The van der Waals surface area contributed by atoms with Crippen LogP contribution in [0.5, 0.6) is 0 Å². The van der Waals surface area contributed by atoms with Crippen LogP contribution in [0.15, 0.2) is 40.7 Å². The molecule has 0 spiro atoms. The largest absolute Gasteiger partial charge is 0.385 e. The fourth-order valence-electron chi connectivity index (χ4n) is 2.76. The summed E-state index contributed by atoms with van der Waals surface area (Å²) in [5.74, 6) is 5.15. The first kappa shape index (κ1) is 15.3. The molecule has 3 N–H and O–H groups in total. The number of methoxy groups -OCH3 is 1. The fraction of sp³-hybridized carbons (Fsp3) is 0.571. The van der Waals surface area contributed by atoms with Gasteiger partial charge in [-0.1, -0.05) is 35.6 Å². The van der Waals surface area contributed by atoms with Crippen LogP contribution in [0.3, 0.4) is 0 Å². The van der Waals surface area contributed by atoms with E-state index in [0.29, 0.717) is 6.61 Å².